The van der Waals surface area contributed by atoms with Gasteiger partial charge in [-0.1, -0.05) is 6.92 Å². The first kappa shape index (κ1) is 16.3. The van der Waals surface area contributed by atoms with E-state index in [1.807, 2.05) is 11.9 Å². The molecular weight excluding hydrogens is 277 g/mol. The van der Waals surface area contributed by atoms with E-state index in [2.05, 4.69) is 6.92 Å². The third-order valence-corrected chi connectivity index (χ3v) is 4.67. The van der Waals surface area contributed by atoms with E-state index in [1.165, 1.54) is 0 Å². The van der Waals surface area contributed by atoms with Crippen LogP contribution >= 0.6 is 0 Å². The van der Waals surface area contributed by atoms with Gasteiger partial charge in [0.05, 0.1) is 0 Å². The van der Waals surface area contributed by atoms with Crippen molar-refractivity contribution in [3.8, 4) is 0 Å². The van der Waals surface area contributed by atoms with Crippen molar-refractivity contribution in [3.63, 3.8) is 0 Å². The summed E-state index contributed by atoms with van der Waals surface area (Å²) in [5.74, 6) is -2.22. The first-order valence-electron chi connectivity index (χ1n) is 7.50. The number of nitrogens with zero attached hydrogens (tertiary/aromatic N) is 1. The zero-order valence-corrected chi connectivity index (χ0v) is 12.6. The molecule has 0 heterocycles. The number of rotatable bonds is 4. The molecule has 0 spiro atoms. The Balaban J connectivity index is 2.21. The molecule has 2 rings (SSSR count). The van der Waals surface area contributed by atoms with E-state index in [4.69, 9.17) is 5.73 Å². The summed E-state index contributed by atoms with van der Waals surface area (Å²) in [4.78, 5) is 2.02. The Bertz CT molecular complexity index is 485. The Morgan fingerprint density at radius 2 is 1.67 bits per heavy atom. The molecule has 2 N–H and O–H groups in total. The largest absolute Gasteiger partial charge is 0.329 e. The first-order chi connectivity index (χ1) is 9.93. The van der Waals surface area contributed by atoms with Crippen molar-refractivity contribution >= 4 is 0 Å². The second-order valence-electron chi connectivity index (χ2n) is 6.12. The maximum atomic E-state index is 14.0. The van der Waals surface area contributed by atoms with Crippen LogP contribution in [0.1, 0.15) is 44.2 Å². The van der Waals surface area contributed by atoms with Crippen LogP contribution in [-0.4, -0.2) is 24.5 Å². The second-order valence-corrected chi connectivity index (χ2v) is 6.12. The van der Waals surface area contributed by atoms with Gasteiger partial charge in [0, 0.05) is 30.3 Å². The van der Waals surface area contributed by atoms with Crippen molar-refractivity contribution < 1.29 is 13.2 Å². The van der Waals surface area contributed by atoms with Gasteiger partial charge in [0.15, 0.2) is 11.6 Å². The van der Waals surface area contributed by atoms with E-state index in [0.717, 1.165) is 31.7 Å². The van der Waals surface area contributed by atoms with Gasteiger partial charge in [-0.15, -0.1) is 0 Å². The quantitative estimate of drug-likeness (QED) is 0.861. The molecule has 0 amide bonds. The predicted octanol–water partition coefficient (Wildman–Crippen LogP) is 3.61. The van der Waals surface area contributed by atoms with Crippen molar-refractivity contribution in [3.05, 3.63) is 35.1 Å². The lowest BCUT2D eigenvalue weighted by Crippen LogP contribution is -2.40. The smallest absolute Gasteiger partial charge is 0.161 e. The topological polar surface area (TPSA) is 29.3 Å². The van der Waals surface area contributed by atoms with Crippen LogP contribution in [0.15, 0.2) is 12.1 Å². The Morgan fingerprint density at radius 3 is 2.24 bits per heavy atom. The Kier molecular flexibility index (Phi) is 5.27. The summed E-state index contributed by atoms with van der Waals surface area (Å²) < 4.78 is 40.4. The molecule has 0 saturated heterocycles. The Labute approximate surface area is 124 Å². The van der Waals surface area contributed by atoms with E-state index in [1.54, 1.807) is 0 Å². The average molecular weight is 300 g/mol. The number of hydrogen-bond acceptors (Lipinski definition) is 2. The maximum Gasteiger partial charge on any atom is 0.161 e. The third-order valence-electron chi connectivity index (χ3n) is 4.67. The summed E-state index contributed by atoms with van der Waals surface area (Å²) in [5.41, 5.74) is 5.91. The van der Waals surface area contributed by atoms with E-state index in [0.29, 0.717) is 18.0 Å². The van der Waals surface area contributed by atoms with Crippen LogP contribution in [0, 0.1) is 23.4 Å². The van der Waals surface area contributed by atoms with Crippen molar-refractivity contribution in [1.82, 2.24) is 4.90 Å². The lowest BCUT2D eigenvalue weighted by Gasteiger charge is -2.38. The lowest BCUT2D eigenvalue weighted by atomic mass is 9.86. The molecule has 118 valence electrons. The highest BCUT2D eigenvalue weighted by Gasteiger charge is 2.29. The van der Waals surface area contributed by atoms with Gasteiger partial charge in [-0.05, 0) is 44.7 Å². The van der Waals surface area contributed by atoms with Gasteiger partial charge in [0.25, 0.3) is 0 Å². The molecule has 1 aliphatic rings. The summed E-state index contributed by atoms with van der Waals surface area (Å²) >= 11 is 0. The fourth-order valence-corrected chi connectivity index (χ4v) is 3.21. The molecule has 1 aromatic rings. The number of likely N-dealkylation sites (N-methyl/N-ethyl adjacent to an activating group) is 1. The molecule has 1 atom stereocenters. The van der Waals surface area contributed by atoms with Crippen LogP contribution in [0.2, 0.25) is 0 Å². The molecule has 1 aromatic carbocycles. The molecule has 1 unspecified atom stereocenters. The van der Waals surface area contributed by atoms with Crippen LogP contribution in [0.5, 0.6) is 0 Å². The average Bonchev–Trinajstić information content (AvgIpc) is 2.45. The van der Waals surface area contributed by atoms with Crippen molar-refractivity contribution in [2.75, 3.05) is 13.6 Å². The molecule has 1 fully saturated rings. The molecule has 2 nitrogen and oxygen atoms in total. The van der Waals surface area contributed by atoms with Gasteiger partial charge in [0.2, 0.25) is 0 Å². The SMILES string of the molecule is CC1CCC(N(C)C(CN)c2cc(F)c(F)cc2F)CC1. The second kappa shape index (κ2) is 6.79. The molecule has 1 aliphatic carbocycles. The highest BCUT2D eigenvalue weighted by Crippen LogP contribution is 2.32. The summed E-state index contributed by atoms with van der Waals surface area (Å²) in [6, 6.07) is 1.41. The summed E-state index contributed by atoms with van der Waals surface area (Å²) in [5, 5.41) is 0. The van der Waals surface area contributed by atoms with E-state index < -0.39 is 23.5 Å². The van der Waals surface area contributed by atoms with E-state index in [-0.39, 0.29) is 12.1 Å². The van der Waals surface area contributed by atoms with Crippen LogP contribution in [-0.2, 0) is 0 Å². The van der Waals surface area contributed by atoms with Gasteiger partial charge in [-0.3, -0.25) is 4.90 Å². The Morgan fingerprint density at radius 1 is 1.10 bits per heavy atom. The molecule has 0 aromatic heterocycles. The predicted molar refractivity (Wildman–Crippen MR) is 77.3 cm³/mol. The van der Waals surface area contributed by atoms with Gasteiger partial charge in [-0.25, -0.2) is 13.2 Å². The number of benzene rings is 1. The molecule has 1 saturated carbocycles. The number of nitrogens with two attached hydrogens (primary N) is 1. The molecule has 5 heteroatoms. The monoisotopic (exact) mass is 300 g/mol. The lowest BCUT2D eigenvalue weighted by molar-refractivity contribution is 0.124. The highest BCUT2D eigenvalue weighted by molar-refractivity contribution is 5.24. The Hall–Kier alpha value is -1.07. The van der Waals surface area contributed by atoms with Gasteiger partial charge in [-0.2, -0.15) is 0 Å². The molecular formula is C16H23F3N2. The fraction of sp³-hybridized carbons (Fsp3) is 0.625. The zero-order valence-electron chi connectivity index (χ0n) is 12.6. The van der Waals surface area contributed by atoms with Crippen LogP contribution in [0.3, 0.4) is 0 Å². The van der Waals surface area contributed by atoms with Crippen molar-refractivity contribution in [1.29, 1.82) is 0 Å². The minimum absolute atomic E-state index is 0.137. The van der Waals surface area contributed by atoms with Crippen molar-refractivity contribution in [2.24, 2.45) is 11.7 Å². The number of halogens is 3. The molecule has 0 aliphatic heterocycles. The molecule has 0 radical (unpaired) electrons. The van der Waals surface area contributed by atoms with E-state index in [9.17, 15) is 13.2 Å². The third kappa shape index (κ3) is 3.58. The maximum absolute atomic E-state index is 14.0. The summed E-state index contributed by atoms with van der Waals surface area (Å²) in [7, 11) is 1.89. The molecule has 21 heavy (non-hydrogen) atoms. The zero-order chi connectivity index (χ0) is 15.6. The van der Waals surface area contributed by atoms with E-state index >= 15 is 0 Å². The summed E-state index contributed by atoms with van der Waals surface area (Å²) in [6.45, 7) is 2.40. The fourth-order valence-electron chi connectivity index (χ4n) is 3.21. The normalized spacial score (nSPS) is 24.3. The van der Waals surface area contributed by atoms with Crippen LogP contribution in [0.4, 0.5) is 13.2 Å². The first-order valence-corrected chi connectivity index (χ1v) is 7.50. The van der Waals surface area contributed by atoms with Gasteiger partial charge in [0.1, 0.15) is 5.82 Å². The number of hydrogen-bond donors (Lipinski definition) is 1. The van der Waals surface area contributed by atoms with Crippen molar-refractivity contribution in [2.45, 2.75) is 44.7 Å². The summed E-state index contributed by atoms with van der Waals surface area (Å²) in [6.07, 6.45) is 4.32. The molecule has 0 bridgehead atoms. The minimum Gasteiger partial charge on any atom is -0.329 e. The van der Waals surface area contributed by atoms with Crippen LogP contribution < -0.4 is 5.73 Å². The van der Waals surface area contributed by atoms with Gasteiger partial charge < -0.3 is 5.73 Å². The minimum atomic E-state index is -1.17. The van der Waals surface area contributed by atoms with Gasteiger partial charge >= 0.3 is 0 Å². The highest BCUT2D eigenvalue weighted by atomic mass is 19.2. The standard InChI is InChI=1S/C16H23F3N2/c1-10-3-5-11(6-4-10)21(2)16(9-20)12-7-14(18)15(19)8-13(12)17/h7-8,10-11,16H,3-6,9,20H2,1-2H3. The van der Waals surface area contributed by atoms with Crippen LogP contribution in [0.25, 0.3) is 0 Å².